The van der Waals surface area contributed by atoms with Gasteiger partial charge in [0.25, 0.3) is 0 Å². The quantitative estimate of drug-likeness (QED) is 0.539. The van der Waals surface area contributed by atoms with Crippen LogP contribution in [0.1, 0.15) is 45.4 Å². The van der Waals surface area contributed by atoms with Crippen molar-refractivity contribution in [3.63, 3.8) is 0 Å². The lowest BCUT2D eigenvalue weighted by molar-refractivity contribution is -0.133. The fraction of sp³-hybridized carbons (Fsp3) is 0.786. The highest BCUT2D eigenvalue weighted by molar-refractivity contribution is 6.17. The number of carbonyl (C=O) groups is 1. The summed E-state index contributed by atoms with van der Waals surface area (Å²) in [5.41, 5.74) is 1.01. The van der Waals surface area contributed by atoms with E-state index < -0.39 is 0 Å². The average Bonchev–Trinajstić information content (AvgIpc) is 2.55. The van der Waals surface area contributed by atoms with Crippen molar-refractivity contribution in [2.24, 2.45) is 17.3 Å². The Kier molecular flexibility index (Phi) is 3.44. The Hall–Kier alpha value is -0.300. The van der Waals surface area contributed by atoms with Crippen LogP contribution >= 0.6 is 11.6 Å². The molecule has 2 fully saturated rings. The monoisotopic (exact) mass is 240 g/mol. The van der Waals surface area contributed by atoms with Crippen LogP contribution in [0.5, 0.6) is 0 Å². The molecule has 2 aliphatic carbocycles. The summed E-state index contributed by atoms with van der Waals surface area (Å²) in [5, 5.41) is 0. The second kappa shape index (κ2) is 4.52. The molecule has 1 nitrogen and oxygen atoms in total. The third kappa shape index (κ3) is 1.73. The molecule has 2 heteroatoms. The Bertz CT molecular complexity index is 310. The van der Waals surface area contributed by atoms with Gasteiger partial charge in [0.15, 0.2) is 0 Å². The van der Waals surface area contributed by atoms with Gasteiger partial charge in [-0.05, 0) is 43.9 Å². The summed E-state index contributed by atoms with van der Waals surface area (Å²) in [6, 6.07) is 0. The largest absolute Gasteiger partial charge is 0.299 e. The number of hydrogen-bond donors (Lipinski definition) is 0. The fourth-order valence-electron chi connectivity index (χ4n) is 3.78. The first-order valence-electron chi connectivity index (χ1n) is 6.38. The number of allylic oxidation sites excluding steroid dienone is 1. The van der Waals surface area contributed by atoms with Crippen molar-refractivity contribution in [1.29, 1.82) is 0 Å². The molecule has 0 aromatic rings. The molecule has 0 saturated heterocycles. The highest BCUT2D eigenvalue weighted by Gasteiger charge is 2.52. The van der Waals surface area contributed by atoms with E-state index in [2.05, 4.69) is 13.5 Å². The van der Waals surface area contributed by atoms with Gasteiger partial charge >= 0.3 is 0 Å². The summed E-state index contributed by atoms with van der Waals surface area (Å²) in [7, 11) is 0. The van der Waals surface area contributed by atoms with Crippen molar-refractivity contribution in [1.82, 2.24) is 0 Å². The van der Waals surface area contributed by atoms with Gasteiger partial charge in [0.05, 0.1) is 5.41 Å². The normalized spacial score (nSPS) is 38.9. The molecule has 90 valence electrons. The van der Waals surface area contributed by atoms with E-state index in [0.29, 0.717) is 23.5 Å². The molecular weight excluding hydrogens is 220 g/mol. The standard InChI is InChI=1S/C14H21ClO/c1-10-8-12-5-4-11(2)14(12,6-3-7-15)13(16)9-10/h10,12H,2-9H2,1H3/t10-,12-,14-/m1/s1. The molecule has 0 aliphatic heterocycles. The molecule has 16 heavy (non-hydrogen) atoms. The van der Waals surface area contributed by atoms with Gasteiger partial charge in [0.2, 0.25) is 0 Å². The van der Waals surface area contributed by atoms with Crippen LogP contribution in [-0.2, 0) is 4.79 Å². The van der Waals surface area contributed by atoms with Crippen LogP contribution in [0.4, 0.5) is 0 Å². The molecule has 2 rings (SSSR count). The van der Waals surface area contributed by atoms with Crippen LogP contribution in [0.15, 0.2) is 12.2 Å². The smallest absolute Gasteiger partial charge is 0.143 e. The summed E-state index contributed by atoms with van der Waals surface area (Å²) in [6.45, 7) is 6.37. The average molecular weight is 241 g/mol. The first-order chi connectivity index (χ1) is 7.61. The number of rotatable bonds is 3. The number of ketones is 1. The number of carbonyl (C=O) groups excluding carboxylic acids is 1. The zero-order valence-electron chi connectivity index (χ0n) is 10.1. The minimum absolute atomic E-state index is 0.179. The second-order valence-corrected chi connectivity index (χ2v) is 5.95. The Morgan fingerprint density at radius 3 is 3.00 bits per heavy atom. The molecule has 0 heterocycles. The Morgan fingerprint density at radius 2 is 2.31 bits per heavy atom. The topological polar surface area (TPSA) is 17.1 Å². The molecule has 0 bridgehead atoms. The molecule has 0 spiro atoms. The van der Waals surface area contributed by atoms with Crippen molar-refractivity contribution >= 4 is 17.4 Å². The van der Waals surface area contributed by atoms with Crippen molar-refractivity contribution in [3.8, 4) is 0 Å². The van der Waals surface area contributed by atoms with Gasteiger partial charge in [-0.1, -0.05) is 19.1 Å². The third-order valence-electron chi connectivity index (χ3n) is 4.55. The maximum atomic E-state index is 12.4. The minimum atomic E-state index is -0.179. The molecule has 3 atom stereocenters. The van der Waals surface area contributed by atoms with E-state index in [1.807, 2.05) is 0 Å². The van der Waals surface area contributed by atoms with Crippen molar-refractivity contribution in [3.05, 3.63) is 12.2 Å². The summed E-state index contributed by atoms with van der Waals surface area (Å²) < 4.78 is 0. The van der Waals surface area contributed by atoms with E-state index in [1.54, 1.807) is 0 Å². The van der Waals surface area contributed by atoms with E-state index in [4.69, 9.17) is 11.6 Å². The van der Waals surface area contributed by atoms with E-state index >= 15 is 0 Å². The van der Waals surface area contributed by atoms with Gasteiger partial charge in [-0.25, -0.2) is 0 Å². The Balaban J connectivity index is 2.26. The minimum Gasteiger partial charge on any atom is -0.299 e. The molecule has 0 radical (unpaired) electrons. The molecule has 0 N–H and O–H groups in total. The predicted octanol–water partition coefficient (Wildman–Crippen LogP) is 3.96. The van der Waals surface area contributed by atoms with Gasteiger partial charge in [0.1, 0.15) is 5.78 Å². The van der Waals surface area contributed by atoms with Crippen LogP contribution in [0.2, 0.25) is 0 Å². The van der Waals surface area contributed by atoms with Crippen LogP contribution in [0.3, 0.4) is 0 Å². The Morgan fingerprint density at radius 1 is 1.56 bits per heavy atom. The number of alkyl halides is 1. The third-order valence-corrected chi connectivity index (χ3v) is 4.81. The number of fused-ring (bicyclic) bond motifs is 1. The Labute approximate surface area is 103 Å². The molecular formula is C14H21ClO. The molecule has 0 aromatic heterocycles. The highest BCUT2D eigenvalue weighted by Crippen LogP contribution is 2.56. The summed E-state index contributed by atoms with van der Waals surface area (Å²) in [4.78, 5) is 12.4. The first-order valence-corrected chi connectivity index (χ1v) is 6.92. The number of Topliss-reactive ketones (excluding diaryl/α,β-unsaturated/α-hetero) is 1. The van der Waals surface area contributed by atoms with Crippen LogP contribution in [-0.4, -0.2) is 11.7 Å². The summed E-state index contributed by atoms with van der Waals surface area (Å²) >= 11 is 5.79. The maximum absolute atomic E-state index is 12.4. The van der Waals surface area contributed by atoms with Crippen LogP contribution in [0.25, 0.3) is 0 Å². The van der Waals surface area contributed by atoms with Crippen LogP contribution in [0, 0.1) is 17.3 Å². The van der Waals surface area contributed by atoms with Gasteiger partial charge in [-0.2, -0.15) is 0 Å². The summed E-state index contributed by atoms with van der Waals surface area (Å²) in [5.74, 6) is 2.22. The van der Waals surface area contributed by atoms with Gasteiger partial charge < -0.3 is 0 Å². The van der Waals surface area contributed by atoms with Crippen molar-refractivity contribution in [2.45, 2.75) is 45.4 Å². The number of halogens is 1. The van der Waals surface area contributed by atoms with E-state index in [-0.39, 0.29) is 5.41 Å². The molecule has 2 aliphatic rings. The van der Waals surface area contributed by atoms with E-state index in [1.165, 1.54) is 12.0 Å². The SMILES string of the molecule is C=C1CC[C@@H]2C[C@@H](C)CC(=O)[C@]12CCCCl. The molecule has 2 saturated carbocycles. The highest BCUT2D eigenvalue weighted by atomic mass is 35.5. The second-order valence-electron chi connectivity index (χ2n) is 5.57. The van der Waals surface area contributed by atoms with Crippen molar-refractivity contribution < 1.29 is 4.79 Å². The first kappa shape index (κ1) is 12.2. The predicted molar refractivity (Wildman–Crippen MR) is 67.7 cm³/mol. The lowest BCUT2D eigenvalue weighted by Crippen LogP contribution is -2.41. The van der Waals surface area contributed by atoms with Gasteiger partial charge in [0, 0.05) is 12.3 Å². The van der Waals surface area contributed by atoms with Gasteiger partial charge in [-0.3, -0.25) is 4.79 Å². The van der Waals surface area contributed by atoms with Crippen molar-refractivity contribution in [2.75, 3.05) is 5.88 Å². The molecule has 0 aromatic carbocycles. The van der Waals surface area contributed by atoms with E-state index in [9.17, 15) is 4.79 Å². The number of hydrogen-bond acceptors (Lipinski definition) is 1. The molecule has 0 amide bonds. The maximum Gasteiger partial charge on any atom is 0.143 e. The zero-order valence-corrected chi connectivity index (χ0v) is 10.9. The van der Waals surface area contributed by atoms with Gasteiger partial charge in [-0.15, -0.1) is 11.6 Å². The summed E-state index contributed by atoms with van der Waals surface area (Å²) in [6.07, 6.45) is 6.04. The van der Waals surface area contributed by atoms with Crippen LogP contribution < -0.4 is 0 Å². The fourth-order valence-corrected chi connectivity index (χ4v) is 3.92. The lowest BCUT2D eigenvalue weighted by atomic mass is 9.61. The zero-order chi connectivity index (χ0) is 11.8. The van der Waals surface area contributed by atoms with E-state index in [0.717, 1.165) is 32.1 Å². The molecule has 0 unspecified atom stereocenters. The lowest BCUT2D eigenvalue weighted by Gasteiger charge is -2.41.